The van der Waals surface area contributed by atoms with Crippen molar-refractivity contribution in [2.45, 2.75) is 13.8 Å². The summed E-state index contributed by atoms with van der Waals surface area (Å²) in [6.45, 7) is 3.36. The summed E-state index contributed by atoms with van der Waals surface area (Å²) in [5, 5.41) is 0. The highest BCUT2D eigenvalue weighted by molar-refractivity contribution is 6.12. The van der Waals surface area contributed by atoms with E-state index in [1.807, 2.05) is 0 Å². The van der Waals surface area contributed by atoms with Gasteiger partial charge in [-0.25, -0.2) is 4.79 Å². The van der Waals surface area contributed by atoms with Gasteiger partial charge in [0.25, 0.3) is 5.91 Å². The summed E-state index contributed by atoms with van der Waals surface area (Å²) < 4.78 is 9.59. The van der Waals surface area contributed by atoms with Crippen LogP contribution in [0.1, 0.15) is 13.8 Å². The van der Waals surface area contributed by atoms with Crippen molar-refractivity contribution in [1.29, 1.82) is 0 Å². The molecular weight excluding hydrogens is 280 g/mol. The molecule has 1 aliphatic rings. The first-order valence-corrected chi connectivity index (χ1v) is 6.45. The number of carbonyl (C=O) groups is 4. The lowest BCUT2D eigenvalue weighted by molar-refractivity contribution is -0.158. The van der Waals surface area contributed by atoms with Gasteiger partial charge in [-0.2, -0.15) is 0 Å². The number of ether oxygens (including phenoxy) is 2. The normalized spacial score (nSPS) is 16.9. The maximum Gasteiger partial charge on any atom is 0.331 e. The molecule has 1 aliphatic heterocycles. The maximum atomic E-state index is 11.9. The summed E-state index contributed by atoms with van der Waals surface area (Å²) in [6, 6.07) is -0.544. The zero-order valence-corrected chi connectivity index (χ0v) is 12.4. The minimum absolute atomic E-state index is 0.0615. The monoisotopic (exact) mass is 298 g/mol. The van der Waals surface area contributed by atoms with E-state index in [1.54, 1.807) is 13.8 Å². The summed E-state index contributed by atoms with van der Waals surface area (Å²) in [6.07, 6.45) is 1.10. The number of carbonyl (C=O) groups excluding carboxylic acids is 4. The minimum atomic E-state index is -1.38. The molecule has 1 heterocycles. The van der Waals surface area contributed by atoms with Crippen LogP contribution in [0, 0.1) is 5.92 Å². The predicted octanol–water partition coefficient (Wildman–Crippen LogP) is 0.136. The third-order valence-electron chi connectivity index (χ3n) is 2.86. The number of urea groups is 1. The van der Waals surface area contributed by atoms with E-state index in [0.29, 0.717) is 0 Å². The van der Waals surface area contributed by atoms with E-state index in [9.17, 15) is 19.2 Å². The molecule has 0 saturated carbocycles. The summed E-state index contributed by atoms with van der Waals surface area (Å²) in [4.78, 5) is 49.2. The van der Waals surface area contributed by atoms with E-state index >= 15 is 0 Å². The van der Waals surface area contributed by atoms with Crippen molar-refractivity contribution in [2.24, 2.45) is 5.92 Å². The predicted molar refractivity (Wildman–Crippen MR) is 70.8 cm³/mol. The Labute approximate surface area is 122 Å². The third-order valence-corrected chi connectivity index (χ3v) is 2.86. The van der Waals surface area contributed by atoms with Crippen molar-refractivity contribution in [3.63, 3.8) is 0 Å². The average Bonchev–Trinajstić information content (AvgIpc) is 2.61. The largest absolute Gasteiger partial charge is 0.465 e. The Hall–Kier alpha value is -2.38. The second-order valence-electron chi connectivity index (χ2n) is 4.24. The molecule has 0 N–H and O–H groups in total. The molecule has 0 bridgehead atoms. The highest BCUT2D eigenvalue weighted by Gasteiger charge is 2.39. The first-order valence-electron chi connectivity index (χ1n) is 6.45. The fraction of sp³-hybridized carbons (Fsp3) is 0.538. The molecule has 0 unspecified atom stereocenters. The van der Waals surface area contributed by atoms with Gasteiger partial charge < -0.3 is 9.47 Å². The molecular formula is C13H18N2O6. The zero-order valence-electron chi connectivity index (χ0n) is 12.4. The van der Waals surface area contributed by atoms with E-state index in [2.05, 4.69) is 0 Å². The average molecular weight is 298 g/mol. The van der Waals surface area contributed by atoms with Crippen LogP contribution in [0.15, 0.2) is 11.8 Å². The van der Waals surface area contributed by atoms with Gasteiger partial charge in [-0.05, 0) is 19.9 Å². The van der Waals surface area contributed by atoms with E-state index < -0.39 is 29.8 Å². The van der Waals surface area contributed by atoms with Gasteiger partial charge in [-0.3, -0.25) is 24.2 Å². The Morgan fingerprint density at radius 3 is 1.86 bits per heavy atom. The molecule has 1 fully saturated rings. The van der Waals surface area contributed by atoms with Crippen LogP contribution in [-0.2, 0) is 23.9 Å². The Morgan fingerprint density at radius 1 is 1.05 bits per heavy atom. The summed E-state index contributed by atoms with van der Waals surface area (Å²) in [5.41, 5.74) is -0.0615. The summed E-state index contributed by atoms with van der Waals surface area (Å²) in [5.74, 6) is -3.63. The standard InChI is InChI=1S/C13H18N2O6/c1-5-20-11(17)8(12(18)21-6-2)7-9-10(16)15(4)13(19)14(9)3/h7-8H,5-6H2,1-4H3/b9-7+. The smallest absolute Gasteiger partial charge is 0.331 e. The minimum Gasteiger partial charge on any atom is -0.465 e. The molecule has 0 aliphatic carbocycles. The quantitative estimate of drug-likeness (QED) is 0.310. The Morgan fingerprint density at radius 2 is 1.52 bits per heavy atom. The topological polar surface area (TPSA) is 93.2 Å². The van der Waals surface area contributed by atoms with Crippen LogP contribution < -0.4 is 0 Å². The van der Waals surface area contributed by atoms with Crippen LogP contribution in [0.4, 0.5) is 4.79 Å². The molecule has 0 spiro atoms. The lowest BCUT2D eigenvalue weighted by atomic mass is 10.1. The summed E-state index contributed by atoms with van der Waals surface area (Å²) >= 11 is 0. The first kappa shape index (κ1) is 16.7. The number of likely N-dealkylation sites (N-methyl/N-ethyl adjacent to an activating group) is 2. The lowest BCUT2D eigenvalue weighted by Crippen LogP contribution is -2.28. The molecule has 0 aromatic heterocycles. The SMILES string of the molecule is CCOC(=O)C(/C=C1\C(=O)N(C)C(=O)N1C)C(=O)OCC. The van der Waals surface area contributed by atoms with E-state index in [4.69, 9.17) is 9.47 Å². The second kappa shape index (κ2) is 6.87. The fourth-order valence-electron chi connectivity index (χ4n) is 1.77. The first-order chi connectivity index (χ1) is 9.84. The van der Waals surface area contributed by atoms with Crippen LogP contribution in [-0.4, -0.2) is 61.0 Å². The van der Waals surface area contributed by atoms with E-state index in [1.165, 1.54) is 14.1 Å². The Kier molecular flexibility index (Phi) is 5.45. The van der Waals surface area contributed by atoms with E-state index in [-0.39, 0.29) is 18.9 Å². The molecule has 0 aromatic rings. The third kappa shape index (κ3) is 3.39. The molecule has 8 nitrogen and oxygen atoms in total. The maximum absolute atomic E-state index is 11.9. The molecule has 1 saturated heterocycles. The zero-order chi connectivity index (χ0) is 16.2. The van der Waals surface area contributed by atoms with Gasteiger partial charge in [0.1, 0.15) is 5.70 Å². The molecule has 21 heavy (non-hydrogen) atoms. The number of esters is 2. The van der Waals surface area contributed by atoms with Gasteiger partial charge >= 0.3 is 18.0 Å². The summed E-state index contributed by atoms with van der Waals surface area (Å²) in [7, 11) is 2.69. The Balaban J connectivity index is 3.12. The molecule has 0 aromatic carbocycles. The van der Waals surface area contributed by atoms with Crippen LogP contribution >= 0.6 is 0 Å². The van der Waals surface area contributed by atoms with Crippen molar-refractivity contribution in [3.05, 3.63) is 11.8 Å². The van der Waals surface area contributed by atoms with Crippen molar-refractivity contribution in [3.8, 4) is 0 Å². The lowest BCUT2D eigenvalue weighted by Gasteiger charge is -2.13. The molecule has 1 rings (SSSR count). The molecule has 3 amide bonds. The fourth-order valence-corrected chi connectivity index (χ4v) is 1.77. The number of hydrogen-bond donors (Lipinski definition) is 0. The van der Waals surface area contributed by atoms with E-state index in [0.717, 1.165) is 15.9 Å². The van der Waals surface area contributed by atoms with Gasteiger partial charge in [0.05, 0.1) is 13.2 Å². The molecule has 8 heteroatoms. The van der Waals surface area contributed by atoms with Crippen molar-refractivity contribution in [1.82, 2.24) is 9.80 Å². The van der Waals surface area contributed by atoms with Crippen LogP contribution in [0.25, 0.3) is 0 Å². The molecule has 0 radical (unpaired) electrons. The van der Waals surface area contributed by atoms with Gasteiger partial charge in [0.2, 0.25) is 0 Å². The van der Waals surface area contributed by atoms with Gasteiger partial charge in [-0.1, -0.05) is 0 Å². The van der Waals surface area contributed by atoms with Crippen LogP contribution in [0.5, 0.6) is 0 Å². The van der Waals surface area contributed by atoms with Crippen molar-refractivity contribution >= 4 is 23.9 Å². The van der Waals surface area contributed by atoms with Gasteiger partial charge in [0.15, 0.2) is 5.92 Å². The number of amides is 3. The number of imide groups is 1. The highest BCUT2D eigenvalue weighted by atomic mass is 16.6. The van der Waals surface area contributed by atoms with Crippen LogP contribution in [0.2, 0.25) is 0 Å². The number of nitrogens with zero attached hydrogens (tertiary/aromatic N) is 2. The Bertz CT molecular complexity index is 481. The van der Waals surface area contributed by atoms with Crippen LogP contribution in [0.3, 0.4) is 0 Å². The van der Waals surface area contributed by atoms with Gasteiger partial charge in [-0.15, -0.1) is 0 Å². The number of hydrogen-bond acceptors (Lipinski definition) is 6. The number of rotatable bonds is 5. The van der Waals surface area contributed by atoms with Gasteiger partial charge in [0, 0.05) is 14.1 Å². The molecule has 116 valence electrons. The molecule has 0 atom stereocenters. The van der Waals surface area contributed by atoms with Crippen molar-refractivity contribution in [2.75, 3.05) is 27.3 Å². The van der Waals surface area contributed by atoms with Crippen molar-refractivity contribution < 1.29 is 28.7 Å². The second-order valence-corrected chi connectivity index (χ2v) is 4.24. The highest BCUT2D eigenvalue weighted by Crippen LogP contribution is 2.20.